The third-order valence-corrected chi connectivity index (χ3v) is 8.18. The zero-order valence-electron chi connectivity index (χ0n) is 7.70. The Kier molecular flexibility index (Phi) is 3.72. The molecule has 0 aliphatic rings. The first-order chi connectivity index (χ1) is 6.11. The first-order valence-electron chi connectivity index (χ1n) is 4.02. The van der Waals surface area contributed by atoms with Crippen LogP contribution in [0.2, 0.25) is 0 Å². The van der Waals surface area contributed by atoms with E-state index in [1.165, 1.54) is 6.92 Å². The third kappa shape index (κ3) is 2.99. The van der Waals surface area contributed by atoms with Crippen molar-refractivity contribution in [2.45, 2.75) is 13.8 Å². The third-order valence-electron chi connectivity index (χ3n) is 1.85. The zero-order chi connectivity index (χ0) is 9.84. The van der Waals surface area contributed by atoms with Gasteiger partial charge in [0.1, 0.15) is 0 Å². The molecule has 4 heteroatoms. The number of carbonyl (C=O) groups excluding carboxylic acids is 1. The topological polar surface area (TPSA) is 46.5 Å². The molecule has 0 aliphatic carbocycles. The van der Waals surface area contributed by atoms with Crippen LogP contribution < -0.4 is 3.07 Å². The molecule has 1 N–H and O–H groups in total. The summed E-state index contributed by atoms with van der Waals surface area (Å²) in [5, 5.41) is 9.36. The van der Waals surface area contributed by atoms with Gasteiger partial charge in [-0.1, -0.05) is 0 Å². The number of rotatable bonds is 2. The molecule has 1 aromatic carbocycles. The van der Waals surface area contributed by atoms with E-state index < -0.39 is 25.0 Å². The summed E-state index contributed by atoms with van der Waals surface area (Å²) in [5.74, 6) is 0.0639. The van der Waals surface area contributed by atoms with E-state index in [1.807, 2.05) is 13.0 Å². The van der Waals surface area contributed by atoms with Gasteiger partial charge < -0.3 is 0 Å². The fourth-order valence-corrected chi connectivity index (χ4v) is 4.85. The van der Waals surface area contributed by atoms with Crippen LogP contribution >= 0.6 is 0 Å². The second-order valence-corrected chi connectivity index (χ2v) is 8.05. The van der Waals surface area contributed by atoms with Crippen LogP contribution in [0.15, 0.2) is 18.2 Å². The molecule has 66 valence electrons. The summed E-state index contributed by atoms with van der Waals surface area (Å²) in [6.07, 6.45) is 0. The van der Waals surface area contributed by atoms with Gasteiger partial charge in [-0.15, -0.1) is 0 Å². The number of phenolic OH excluding ortho intramolecular Hbond substituents is 1. The van der Waals surface area contributed by atoms with E-state index in [-0.39, 0.29) is 11.7 Å². The fraction of sp³-hybridized carbons (Fsp3) is 0.222. The average molecular weight is 367 g/mol. The van der Waals surface area contributed by atoms with Gasteiger partial charge in [-0.05, 0) is 0 Å². The van der Waals surface area contributed by atoms with Gasteiger partial charge in [0.25, 0.3) is 0 Å². The maximum absolute atomic E-state index is 10.6. The van der Waals surface area contributed by atoms with Gasteiger partial charge in [0.05, 0.1) is 0 Å². The van der Waals surface area contributed by atoms with Crippen molar-refractivity contribution in [3.05, 3.63) is 23.8 Å². The van der Waals surface area contributed by atoms with Crippen molar-refractivity contribution in [1.29, 1.82) is 0 Å². The van der Waals surface area contributed by atoms with Crippen LogP contribution in [0.25, 0.3) is 0 Å². The Morgan fingerprint density at radius 3 is 2.85 bits per heavy atom. The summed E-state index contributed by atoms with van der Waals surface area (Å²) >= 11 is -1.76. The van der Waals surface area contributed by atoms with Gasteiger partial charge in [0, 0.05) is 0 Å². The van der Waals surface area contributed by atoms with Crippen molar-refractivity contribution in [3.63, 3.8) is 0 Å². The van der Waals surface area contributed by atoms with Crippen LogP contribution in [0, 0.1) is 6.92 Å². The van der Waals surface area contributed by atoms with E-state index in [2.05, 4.69) is 0 Å². The van der Waals surface area contributed by atoms with E-state index in [9.17, 15) is 9.90 Å². The van der Waals surface area contributed by atoms with Crippen molar-refractivity contribution >= 4 is 9.04 Å². The molecule has 0 spiro atoms. The van der Waals surface area contributed by atoms with Crippen LogP contribution in [-0.2, 0) is 32.5 Å². The molecule has 0 amide bonds. The summed E-state index contributed by atoms with van der Waals surface area (Å²) in [7, 11) is 0. The monoisotopic (exact) mass is 368 g/mol. The van der Waals surface area contributed by atoms with Crippen LogP contribution in [0.4, 0.5) is 0 Å². The summed E-state index contributed by atoms with van der Waals surface area (Å²) in [6.45, 7) is 3.26. The summed E-state index contributed by atoms with van der Waals surface area (Å²) < 4.78 is 6.09. The van der Waals surface area contributed by atoms with Gasteiger partial charge in [0.2, 0.25) is 0 Å². The van der Waals surface area contributed by atoms with E-state index in [1.54, 1.807) is 12.1 Å². The maximum atomic E-state index is 10.6. The normalized spacial score (nSPS) is 9.08. The second kappa shape index (κ2) is 4.60. The van der Waals surface area contributed by atoms with Crippen molar-refractivity contribution in [3.8, 4) is 5.75 Å². The van der Waals surface area contributed by atoms with E-state index in [4.69, 9.17) is 2.64 Å². The van der Waals surface area contributed by atoms with Gasteiger partial charge in [-0.3, -0.25) is 0 Å². The second-order valence-electron chi connectivity index (χ2n) is 2.84. The molecule has 0 saturated carbocycles. The van der Waals surface area contributed by atoms with E-state index in [0.29, 0.717) is 0 Å². The molecule has 3 nitrogen and oxygen atoms in total. The van der Waals surface area contributed by atoms with Crippen LogP contribution in [0.5, 0.6) is 5.75 Å². The number of phenols is 1. The predicted octanol–water partition coefficient (Wildman–Crippen LogP) is 0.887. The van der Waals surface area contributed by atoms with Crippen molar-refractivity contribution in [2.75, 3.05) is 0 Å². The van der Waals surface area contributed by atoms with Crippen molar-refractivity contribution in [2.24, 2.45) is 0 Å². The first kappa shape index (κ1) is 10.5. The van der Waals surface area contributed by atoms with Crippen LogP contribution in [0.3, 0.4) is 0 Å². The molecule has 1 aromatic rings. The zero-order valence-corrected chi connectivity index (χ0v) is 13.2. The Hall–Kier alpha value is -0.575. The SMILES string of the molecule is CC(=O)[O][Hg][c]1cccc(O)c1C. The number of aromatic hydroxyl groups is 1. The Balaban J connectivity index is 2.77. The molecule has 0 aromatic heterocycles. The molecule has 0 bridgehead atoms. The molecule has 0 radical (unpaired) electrons. The molecule has 0 heterocycles. The number of carbonyl (C=O) groups is 1. The van der Waals surface area contributed by atoms with Crippen molar-refractivity contribution < 1.29 is 37.6 Å². The quantitative estimate of drug-likeness (QED) is 0.791. The molecule has 1 rings (SSSR count). The molecule has 0 unspecified atom stereocenters. The number of benzene rings is 1. The minimum atomic E-state index is -1.76. The fourth-order valence-electron chi connectivity index (χ4n) is 1.01. The van der Waals surface area contributed by atoms with E-state index >= 15 is 0 Å². The van der Waals surface area contributed by atoms with Crippen molar-refractivity contribution in [1.82, 2.24) is 0 Å². The first-order valence-corrected chi connectivity index (χ1v) is 9.01. The molecule has 0 fully saturated rings. The van der Waals surface area contributed by atoms with Gasteiger partial charge in [-0.2, -0.15) is 0 Å². The minimum absolute atomic E-state index is 0.218. The molecule has 0 saturated heterocycles. The molecular weight excluding hydrogens is 357 g/mol. The molecular formula is C9H10HgO3. The van der Waals surface area contributed by atoms with E-state index in [0.717, 1.165) is 8.64 Å². The van der Waals surface area contributed by atoms with Gasteiger partial charge in [-0.25, -0.2) is 0 Å². The summed E-state index contributed by atoms with van der Waals surface area (Å²) in [6, 6.07) is 5.33. The molecule has 0 atom stereocenters. The Labute approximate surface area is 89.8 Å². The Bertz CT molecular complexity index is 323. The summed E-state index contributed by atoms with van der Waals surface area (Å²) in [5.41, 5.74) is 0.852. The summed E-state index contributed by atoms with van der Waals surface area (Å²) in [4.78, 5) is 10.6. The number of hydrogen-bond acceptors (Lipinski definition) is 3. The van der Waals surface area contributed by atoms with Gasteiger partial charge in [0.15, 0.2) is 0 Å². The molecule has 13 heavy (non-hydrogen) atoms. The standard InChI is InChI=1S/C7H7O.C2H4O2.Hg/c1-6-4-2-3-5-7(6)8;1-2(3)4;/h2-3,5,8H,1H3;1H3,(H,3,4);/q;;+1/p-1. The van der Waals surface area contributed by atoms with Crippen LogP contribution in [-0.4, -0.2) is 11.1 Å². The molecule has 0 aliphatic heterocycles. The number of hydrogen-bond donors (Lipinski definition) is 1. The van der Waals surface area contributed by atoms with Gasteiger partial charge >= 0.3 is 90.0 Å². The Morgan fingerprint density at radius 1 is 1.54 bits per heavy atom. The predicted molar refractivity (Wildman–Crippen MR) is 44.2 cm³/mol. The average Bonchev–Trinajstić information content (AvgIpc) is 2.07. The van der Waals surface area contributed by atoms with Crippen LogP contribution in [0.1, 0.15) is 12.5 Å². The Morgan fingerprint density at radius 2 is 2.23 bits per heavy atom.